The molecule has 1 fully saturated rings. The summed E-state index contributed by atoms with van der Waals surface area (Å²) in [6.07, 6.45) is 0.0628. The number of aromatic nitrogens is 3. The zero-order chi connectivity index (χ0) is 25.4. The van der Waals surface area contributed by atoms with Gasteiger partial charge < -0.3 is 15.4 Å². The van der Waals surface area contributed by atoms with Crippen LogP contribution in [0.2, 0.25) is 0 Å². The van der Waals surface area contributed by atoms with Gasteiger partial charge in [-0.2, -0.15) is 18.3 Å². The highest BCUT2D eigenvalue weighted by Gasteiger charge is 2.32. The summed E-state index contributed by atoms with van der Waals surface area (Å²) >= 11 is 0. The van der Waals surface area contributed by atoms with Crippen molar-refractivity contribution in [3.63, 3.8) is 0 Å². The summed E-state index contributed by atoms with van der Waals surface area (Å²) in [5.41, 5.74) is -0.0293. The number of hydrogen-bond acceptors (Lipinski definition) is 7. The molecule has 1 saturated heterocycles. The van der Waals surface area contributed by atoms with Gasteiger partial charge in [-0.05, 0) is 30.7 Å². The number of benzene rings is 1. The number of amides is 1. The molecule has 0 saturated carbocycles. The molecule has 1 unspecified atom stereocenters. The summed E-state index contributed by atoms with van der Waals surface area (Å²) in [7, 11) is -3.93. The highest BCUT2D eigenvalue weighted by Crippen LogP contribution is 2.36. The second-order valence-electron chi connectivity index (χ2n) is 8.14. The fourth-order valence-corrected chi connectivity index (χ4v) is 4.31. The quantitative estimate of drug-likeness (QED) is 0.516. The zero-order valence-electron chi connectivity index (χ0n) is 18.8. The molecule has 0 spiro atoms. The lowest BCUT2D eigenvalue weighted by Crippen LogP contribution is -2.10. The standard InChI is InChI=1S/C22H22F3N5O4S/c1-13(31)27-21-10-20(18(11-26-21)19-3-5-30(29-19)16-4-6-34-12-16)28-15-7-14(22(23,24)25)8-17(9-15)35(2,32)33/h3,5,7-11,16H,4,6,12H2,1-2H3,(H2,26,27,28,31). The molecule has 1 amide bonds. The molecule has 0 aliphatic carbocycles. The van der Waals surface area contributed by atoms with Crippen molar-refractivity contribution in [1.82, 2.24) is 14.8 Å². The summed E-state index contributed by atoms with van der Waals surface area (Å²) in [5, 5.41) is 9.94. The van der Waals surface area contributed by atoms with E-state index in [2.05, 4.69) is 20.7 Å². The third-order valence-corrected chi connectivity index (χ3v) is 6.41. The number of rotatable bonds is 6. The molecule has 0 bridgehead atoms. The molecule has 35 heavy (non-hydrogen) atoms. The molecular formula is C22H22F3N5O4S. The Balaban J connectivity index is 1.79. The Hall–Kier alpha value is -3.45. The number of anilines is 3. The number of carbonyl (C=O) groups is 1. The van der Waals surface area contributed by atoms with Gasteiger partial charge in [0.05, 0.1) is 34.5 Å². The molecular weight excluding hydrogens is 487 g/mol. The van der Waals surface area contributed by atoms with Crippen molar-refractivity contribution in [2.45, 2.75) is 30.5 Å². The molecule has 4 rings (SSSR count). The van der Waals surface area contributed by atoms with E-state index in [1.54, 1.807) is 16.9 Å². The highest BCUT2D eigenvalue weighted by atomic mass is 32.2. The van der Waals surface area contributed by atoms with Gasteiger partial charge in [0.1, 0.15) is 5.82 Å². The van der Waals surface area contributed by atoms with Gasteiger partial charge in [0.25, 0.3) is 0 Å². The number of halogens is 3. The molecule has 1 aliphatic rings. The lowest BCUT2D eigenvalue weighted by Gasteiger charge is -2.16. The van der Waals surface area contributed by atoms with Gasteiger partial charge in [0, 0.05) is 49.5 Å². The van der Waals surface area contributed by atoms with E-state index in [0.29, 0.717) is 30.5 Å². The molecule has 1 atom stereocenters. The molecule has 186 valence electrons. The van der Waals surface area contributed by atoms with Crippen LogP contribution in [0.1, 0.15) is 24.9 Å². The van der Waals surface area contributed by atoms with E-state index in [-0.39, 0.29) is 29.1 Å². The topological polar surface area (TPSA) is 115 Å². The van der Waals surface area contributed by atoms with Crippen LogP contribution in [0.15, 0.2) is 47.6 Å². The van der Waals surface area contributed by atoms with Crippen molar-refractivity contribution >= 4 is 32.9 Å². The number of nitrogens with one attached hydrogen (secondary N) is 2. The molecule has 2 N–H and O–H groups in total. The summed E-state index contributed by atoms with van der Waals surface area (Å²) in [6, 6.07) is 5.74. The van der Waals surface area contributed by atoms with Crippen LogP contribution in [0.3, 0.4) is 0 Å². The van der Waals surface area contributed by atoms with Gasteiger partial charge in [-0.1, -0.05) is 0 Å². The Morgan fingerprint density at radius 1 is 1.23 bits per heavy atom. The van der Waals surface area contributed by atoms with Crippen LogP contribution in [0, 0.1) is 0 Å². The number of hydrogen-bond donors (Lipinski definition) is 2. The van der Waals surface area contributed by atoms with Gasteiger partial charge in [-0.25, -0.2) is 13.4 Å². The monoisotopic (exact) mass is 509 g/mol. The third-order valence-electron chi connectivity index (χ3n) is 5.31. The predicted octanol–water partition coefficient (Wildman–Crippen LogP) is 4.03. The van der Waals surface area contributed by atoms with Crippen LogP contribution in [0.5, 0.6) is 0 Å². The minimum absolute atomic E-state index is 0.0626. The maximum Gasteiger partial charge on any atom is 0.416 e. The van der Waals surface area contributed by atoms with Crippen molar-refractivity contribution in [3.05, 3.63) is 48.3 Å². The Morgan fingerprint density at radius 2 is 2.00 bits per heavy atom. The van der Waals surface area contributed by atoms with E-state index in [9.17, 15) is 26.4 Å². The number of alkyl halides is 3. The lowest BCUT2D eigenvalue weighted by atomic mass is 10.1. The number of pyridine rings is 1. The van der Waals surface area contributed by atoms with Crippen molar-refractivity contribution in [1.29, 1.82) is 0 Å². The maximum atomic E-state index is 13.5. The Kier molecular flexibility index (Phi) is 6.56. The smallest absolute Gasteiger partial charge is 0.379 e. The third kappa shape index (κ3) is 5.80. The molecule has 1 aliphatic heterocycles. The first-order valence-electron chi connectivity index (χ1n) is 10.5. The van der Waals surface area contributed by atoms with Gasteiger partial charge in [0.2, 0.25) is 5.91 Å². The number of ether oxygens (including phenoxy) is 1. The summed E-state index contributed by atoms with van der Waals surface area (Å²) < 4.78 is 71.6. The van der Waals surface area contributed by atoms with Gasteiger partial charge in [-0.3, -0.25) is 9.48 Å². The fourth-order valence-electron chi connectivity index (χ4n) is 3.63. The lowest BCUT2D eigenvalue weighted by molar-refractivity contribution is -0.137. The maximum absolute atomic E-state index is 13.5. The first-order chi connectivity index (χ1) is 16.4. The Morgan fingerprint density at radius 3 is 2.63 bits per heavy atom. The first kappa shape index (κ1) is 24.7. The van der Waals surface area contributed by atoms with Crippen LogP contribution in [-0.2, 0) is 25.5 Å². The molecule has 2 aromatic heterocycles. The van der Waals surface area contributed by atoms with Crippen molar-refractivity contribution in [2.75, 3.05) is 30.1 Å². The van der Waals surface area contributed by atoms with E-state index >= 15 is 0 Å². The number of carbonyl (C=O) groups excluding carboxylic acids is 1. The largest absolute Gasteiger partial charge is 0.416 e. The Labute approximate surface area is 199 Å². The summed E-state index contributed by atoms with van der Waals surface area (Å²) in [4.78, 5) is 15.2. The van der Waals surface area contributed by atoms with Gasteiger partial charge >= 0.3 is 6.18 Å². The normalized spacial score (nSPS) is 16.3. The van der Waals surface area contributed by atoms with Crippen LogP contribution < -0.4 is 10.6 Å². The second kappa shape index (κ2) is 9.30. The minimum atomic E-state index is -4.76. The Bertz CT molecular complexity index is 1370. The van der Waals surface area contributed by atoms with Crippen LogP contribution in [-0.4, -0.2) is 48.6 Å². The number of nitrogens with zero attached hydrogens (tertiary/aromatic N) is 3. The SMILES string of the molecule is CC(=O)Nc1cc(Nc2cc(C(F)(F)F)cc(S(C)(=O)=O)c2)c(-c2ccn(C3CCOC3)n2)cn1. The molecule has 9 nitrogen and oxygen atoms in total. The first-order valence-corrected chi connectivity index (χ1v) is 12.4. The summed E-state index contributed by atoms with van der Waals surface area (Å²) in [5.74, 6) is -0.233. The van der Waals surface area contributed by atoms with Crippen molar-refractivity contribution < 1.29 is 31.1 Å². The molecule has 3 aromatic rings. The van der Waals surface area contributed by atoms with Crippen LogP contribution in [0.4, 0.5) is 30.4 Å². The van der Waals surface area contributed by atoms with Crippen LogP contribution >= 0.6 is 0 Å². The van der Waals surface area contributed by atoms with E-state index in [4.69, 9.17) is 4.74 Å². The van der Waals surface area contributed by atoms with Gasteiger partial charge in [-0.15, -0.1) is 0 Å². The molecule has 13 heteroatoms. The predicted molar refractivity (Wildman–Crippen MR) is 122 cm³/mol. The summed E-state index contributed by atoms with van der Waals surface area (Å²) in [6.45, 7) is 2.43. The van der Waals surface area contributed by atoms with E-state index in [0.717, 1.165) is 24.8 Å². The molecule has 3 heterocycles. The average molecular weight is 510 g/mol. The second-order valence-corrected chi connectivity index (χ2v) is 10.2. The number of sulfone groups is 1. The average Bonchev–Trinajstić information content (AvgIpc) is 3.44. The highest BCUT2D eigenvalue weighted by molar-refractivity contribution is 7.90. The van der Waals surface area contributed by atoms with E-state index in [1.165, 1.54) is 19.2 Å². The minimum Gasteiger partial charge on any atom is -0.379 e. The van der Waals surface area contributed by atoms with E-state index < -0.39 is 26.5 Å². The molecule has 1 aromatic carbocycles. The fraction of sp³-hybridized carbons (Fsp3) is 0.318. The van der Waals surface area contributed by atoms with E-state index in [1.807, 2.05) is 0 Å². The zero-order valence-corrected chi connectivity index (χ0v) is 19.6. The van der Waals surface area contributed by atoms with Crippen molar-refractivity contribution in [3.8, 4) is 11.3 Å². The molecule has 0 radical (unpaired) electrons. The van der Waals surface area contributed by atoms with Crippen LogP contribution in [0.25, 0.3) is 11.3 Å². The van der Waals surface area contributed by atoms with Crippen molar-refractivity contribution in [2.24, 2.45) is 0 Å². The van der Waals surface area contributed by atoms with Gasteiger partial charge in [0.15, 0.2) is 9.84 Å².